The number of carboxylic acid groups (broad SMARTS) is 1. The van der Waals surface area contributed by atoms with Crippen LogP contribution >= 0.6 is 0 Å². The highest BCUT2D eigenvalue weighted by atomic mass is 28.4. The Hall–Kier alpha value is -1.12. The molecule has 11 nitrogen and oxygen atoms in total. The minimum Gasteiger partial charge on any atom is -0.481 e. The lowest BCUT2D eigenvalue weighted by molar-refractivity contribution is -0.146. The van der Waals surface area contributed by atoms with E-state index in [-0.39, 0.29) is 30.5 Å². The van der Waals surface area contributed by atoms with Crippen molar-refractivity contribution in [2.45, 2.75) is 64.6 Å². The normalized spacial score (nSPS) is 12.1. The van der Waals surface area contributed by atoms with Gasteiger partial charge in [0.1, 0.15) is 6.61 Å². The predicted octanol–water partition coefficient (Wildman–Crippen LogP) is 3.30. The van der Waals surface area contributed by atoms with Gasteiger partial charge in [-0.1, -0.05) is 20.8 Å². The van der Waals surface area contributed by atoms with Crippen LogP contribution < -0.4 is 0 Å². The van der Waals surface area contributed by atoms with E-state index in [1.165, 1.54) is 0 Å². The second-order valence-electron chi connectivity index (χ2n) is 10.1. The van der Waals surface area contributed by atoms with Crippen LogP contribution in [0.4, 0.5) is 0 Å². The Morgan fingerprint density at radius 1 is 0.579 bits per heavy atom. The number of esters is 1. The highest BCUT2D eigenvalue weighted by molar-refractivity contribution is 6.74. The summed E-state index contributed by atoms with van der Waals surface area (Å²) in [5.74, 6) is -1.20. The third kappa shape index (κ3) is 24.0. The number of carbonyl (C=O) groups excluding carboxylic acids is 1. The molecule has 0 saturated heterocycles. The summed E-state index contributed by atoms with van der Waals surface area (Å²) >= 11 is 0. The monoisotopic (exact) mass is 568 g/mol. The van der Waals surface area contributed by atoms with E-state index in [9.17, 15) is 9.59 Å². The molecule has 0 aliphatic rings. The predicted molar refractivity (Wildman–Crippen MR) is 145 cm³/mol. The van der Waals surface area contributed by atoms with Crippen LogP contribution in [0.1, 0.15) is 46.5 Å². The highest BCUT2D eigenvalue weighted by Crippen LogP contribution is 2.36. The maximum atomic E-state index is 11.4. The summed E-state index contributed by atoms with van der Waals surface area (Å²) in [6.07, 6.45) is 1.26. The van der Waals surface area contributed by atoms with Crippen LogP contribution in [0.2, 0.25) is 18.1 Å². The van der Waals surface area contributed by atoms with Gasteiger partial charge in [0.15, 0.2) is 8.32 Å². The second kappa shape index (κ2) is 23.7. The number of rotatable bonds is 27. The van der Waals surface area contributed by atoms with Gasteiger partial charge in [-0.15, -0.1) is 0 Å². The number of hydrogen-bond donors (Lipinski definition) is 1. The van der Waals surface area contributed by atoms with Crippen molar-refractivity contribution in [1.29, 1.82) is 0 Å². The van der Waals surface area contributed by atoms with Crippen molar-refractivity contribution in [2.24, 2.45) is 0 Å². The summed E-state index contributed by atoms with van der Waals surface area (Å²) in [6, 6.07) is 0. The van der Waals surface area contributed by atoms with Crippen LogP contribution in [0.3, 0.4) is 0 Å². The van der Waals surface area contributed by atoms with Crippen molar-refractivity contribution in [2.75, 3.05) is 92.5 Å². The molecule has 0 fully saturated rings. The van der Waals surface area contributed by atoms with Gasteiger partial charge in [-0.05, 0) is 31.0 Å². The Labute approximate surface area is 229 Å². The molecule has 0 atom stereocenters. The summed E-state index contributed by atoms with van der Waals surface area (Å²) < 4.78 is 43.7. The van der Waals surface area contributed by atoms with Gasteiger partial charge < -0.3 is 42.7 Å². The van der Waals surface area contributed by atoms with Crippen molar-refractivity contribution in [3.05, 3.63) is 0 Å². The fourth-order valence-electron chi connectivity index (χ4n) is 2.61. The van der Waals surface area contributed by atoms with Gasteiger partial charge in [-0.3, -0.25) is 9.59 Å². The molecule has 0 aromatic heterocycles. The topological polar surface area (TPSA) is 128 Å². The Bertz CT molecular complexity index is 582. The lowest BCUT2D eigenvalue weighted by atomic mass is 10.2. The lowest BCUT2D eigenvalue weighted by Crippen LogP contribution is -2.41. The van der Waals surface area contributed by atoms with Crippen molar-refractivity contribution in [3.8, 4) is 0 Å². The van der Waals surface area contributed by atoms with Gasteiger partial charge in [0, 0.05) is 12.8 Å². The number of carbonyl (C=O) groups is 2. The fraction of sp³-hybridized carbons (Fsp3) is 0.923. The van der Waals surface area contributed by atoms with Gasteiger partial charge in [-0.2, -0.15) is 0 Å². The molecule has 0 spiro atoms. The number of unbranched alkanes of at least 4 members (excludes halogenated alkanes) is 1. The maximum Gasteiger partial charge on any atom is 0.305 e. The van der Waals surface area contributed by atoms with Gasteiger partial charge >= 0.3 is 11.9 Å². The average molecular weight is 569 g/mol. The SMILES string of the molecule is CC(C)(C)[Si](C)(C)OCCOCCOCCOCCOCCOCCOCCOC(=O)CCCCC(=O)O. The van der Waals surface area contributed by atoms with E-state index in [1.54, 1.807) is 0 Å². The first-order valence-corrected chi connectivity index (χ1v) is 16.4. The van der Waals surface area contributed by atoms with E-state index in [1.807, 2.05) is 0 Å². The quantitative estimate of drug-likeness (QED) is 0.0890. The number of ether oxygens (including phenoxy) is 7. The van der Waals surface area contributed by atoms with E-state index in [2.05, 4.69) is 33.9 Å². The average Bonchev–Trinajstić information content (AvgIpc) is 2.84. The van der Waals surface area contributed by atoms with E-state index in [0.29, 0.717) is 98.7 Å². The molecule has 1 N–H and O–H groups in total. The first kappa shape index (κ1) is 36.9. The largest absolute Gasteiger partial charge is 0.481 e. The number of hydrogen-bond acceptors (Lipinski definition) is 10. The molecular weight excluding hydrogens is 516 g/mol. The molecule has 0 radical (unpaired) electrons. The molecule has 0 saturated carbocycles. The molecule has 0 aliphatic carbocycles. The third-order valence-electron chi connectivity index (χ3n) is 5.87. The second-order valence-corrected chi connectivity index (χ2v) is 14.9. The summed E-state index contributed by atoms with van der Waals surface area (Å²) in [5, 5.41) is 8.74. The summed E-state index contributed by atoms with van der Waals surface area (Å²) in [5.41, 5.74) is 0. The Morgan fingerprint density at radius 2 is 0.921 bits per heavy atom. The van der Waals surface area contributed by atoms with E-state index in [0.717, 1.165) is 0 Å². The Balaban J connectivity index is 3.22. The van der Waals surface area contributed by atoms with E-state index < -0.39 is 14.3 Å². The van der Waals surface area contributed by atoms with Crippen molar-refractivity contribution < 1.29 is 52.3 Å². The molecule has 0 rings (SSSR count). The standard InChI is InChI=1S/C26H52O11Si/c1-26(2,3)38(4,5)37-23-21-35-19-17-33-15-13-31-11-10-30-12-14-32-16-18-34-20-22-36-25(29)9-7-6-8-24(27)28/h6-23H2,1-5H3,(H,27,28). The van der Waals surface area contributed by atoms with Crippen LogP contribution in [0.15, 0.2) is 0 Å². The molecule has 226 valence electrons. The van der Waals surface area contributed by atoms with Crippen LogP contribution in [-0.2, 0) is 47.2 Å². The highest BCUT2D eigenvalue weighted by Gasteiger charge is 2.36. The first-order chi connectivity index (χ1) is 18.1. The fourth-order valence-corrected chi connectivity index (χ4v) is 3.63. The summed E-state index contributed by atoms with van der Waals surface area (Å²) in [6.45, 7) is 17.6. The number of aliphatic carboxylic acids is 1. The zero-order chi connectivity index (χ0) is 28.5. The molecule has 0 aromatic carbocycles. The Morgan fingerprint density at radius 3 is 1.29 bits per heavy atom. The molecule has 0 aromatic rings. The van der Waals surface area contributed by atoms with Crippen LogP contribution in [-0.4, -0.2) is 118 Å². The maximum absolute atomic E-state index is 11.4. The molecule has 0 amide bonds. The van der Waals surface area contributed by atoms with Gasteiger partial charge in [0.2, 0.25) is 0 Å². The van der Waals surface area contributed by atoms with Gasteiger partial charge in [-0.25, -0.2) is 0 Å². The van der Waals surface area contributed by atoms with Crippen molar-refractivity contribution >= 4 is 20.3 Å². The molecule has 0 heterocycles. The van der Waals surface area contributed by atoms with Crippen LogP contribution in [0.5, 0.6) is 0 Å². The smallest absolute Gasteiger partial charge is 0.305 e. The molecule has 12 heteroatoms. The lowest BCUT2D eigenvalue weighted by Gasteiger charge is -2.36. The molecule has 0 bridgehead atoms. The molecule has 0 unspecified atom stereocenters. The Kier molecular flexibility index (Phi) is 23.0. The van der Waals surface area contributed by atoms with Crippen LogP contribution in [0, 0.1) is 0 Å². The minimum absolute atomic E-state index is 0.0663. The summed E-state index contributed by atoms with van der Waals surface area (Å²) in [4.78, 5) is 21.8. The zero-order valence-corrected chi connectivity index (χ0v) is 25.3. The molecule has 0 aliphatic heterocycles. The van der Waals surface area contributed by atoms with Gasteiger partial charge in [0.25, 0.3) is 0 Å². The first-order valence-electron chi connectivity index (χ1n) is 13.5. The van der Waals surface area contributed by atoms with Crippen LogP contribution in [0.25, 0.3) is 0 Å². The summed E-state index contributed by atoms with van der Waals surface area (Å²) in [7, 11) is -1.70. The third-order valence-corrected chi connectivity index (χ3v) is 10.4. The van der Waals surface area contributed by atoms with E-state index >= 15 is 0 Å². The van der Waals surface area contributed by atoms with Gasteiger partial charge in [0.05, 0.1) is 85.9 Å². The minimum atomic E-state index is -1.70. The molecule has 38 heavy (non-hydrogen) atoms. The molecular formula is C26H52O11Si. The van der Waals surface area contributed by atoms with Crippen molar-refractivity contribution in [3.63, 3.8) is 0 Å². The zero-order valence-electron chi connectivity index (χ0n) is 24.3. The van der Waals surface area contributed by atoms with E-state index in [4.69, 9.17) is 42.7 Å². The van der Waals surface area contributed by atoms with Crippen molar-refractivity contribution in [1.82, 2.24) is 0 Å². The number of carboxylic acids is 1.